The van der Waals surface area contributed by atoms with Crippen LogP contribution in [0.5, 0.6) is 0 Å². The molecule has 5 nitrogen and oxygen atoms in total. The molecule has 1 heterocycles. The molecule has 0 spiro atoms. The fourth-order valence-electron chi connectivity index (χ4n) is 2.50. The maximum atomic E-state index is 12.1. The lowest BCUT2D eigenvalue weighted by atomic mass is 9.90. The van der Waals surface area contributed by atoms with Crippen molar-refractivity contribution in [3.63, 3.8) is 0 Å². The lowest BCUT2D eigenvalue weighted by Gasteiger charge is -2.20. The number of nitrogens with zero attached hydrogens (tertiary/aromatic N) is 1. The van der Waals surface area contributed by atoms with Gasteiger partial charge in [0, 0.05) is 31.5 Å². The number of ketones is 1. The molecular formula is C16H19NO4. The fraction of sp³-hybridized carbons (Fsp3) is 0.438. The largest absolute Gasteiger partial charge is 0.481 e. The van der Waals surface area contributed by atoms with Crippen molar-refractivity contribution >= 4 is 17.7 Å². The van der Waals surface area contributed by atoms with Crippen LogP contribution in [0, 0.1) is 5.41 Å². The van der Waals surface area contributed by atoms with Crippen molar-refractivity contribution in [2.45, 2.75) is 26.2 Å². The second kappa shape index (κ2) is 6.08. The summed E-state index contributed by atoms with van der Waals surface area (Å²) in [6.07, 6.45) is 0.743. The van der Waals surface area contributed by atoms with E-state index in [0.717, 1.165) is 0 Å². The molecule has 1 aromatic rings. The summed E-state index contributed by atoms with van der Waals surface area (Å²) in [7, 11) is 0. The summed E-state index contributed by atoms with van der Waals surface area (Å²) in [6, 6.07) is 8.86. The van der Waals surface area contributed by atoms with Crippen LogP contribution in [0.25, 0.3) is 0 Å². The Labute approximate surface area is 123 Å². The third-order valence-corrected chi connectivity index (χ3v) is 4.00. The molecule has 1 aliphatic heterocycles. The summed E-state index contributed by atoms with van der Waals surface area (Å²) in [5, 5.41) is 9.15. The Morgan fingerprint density at radius 1 is 1.19 bits per heavy atom. The Balaban J connectivity index is 1.86. The van der Waals surface area contributed by atoms with Crippen molar-refractivity contribution in [3.05, 3.63) is 35.9 Å². The van der Waals surface area contributed by atoms with Gasteiger partial charge in [-0.1, -0.05) is 30.3 Å². The number of Topliss-reactive ketones (excluding diaryl/α,β-unsaturated/α-hetero) is 1. The maximum absolute atomic E-state index is 12.1. The van der Waals surface area contributed by atoms with E-state index >= 15 is 0 Å². The first-order valence-corrected chi connectivity index (χ1v) is 7.02. The van der Waals surface area contributed by atoms with Crippen molar-refractivity contribution < 1.29 is 19.5 Å². The summed E-state index contributed by atoms with van der Waals surface area (Å²) in [6.45, 7) is 2.32. The molecule has 112 valence electrons. The minimum absolute atomic E-state index is 0.0656. The average molecular weight is 289 g/mol. The lowest BCUT2D eigenvalue weighted by Crippen LogP contribution is -2.34. The van der Waals surface area contributed by atoms with E-state index in [2.05, 4.69) is 0 Å². The van der Waals surface area contributed by atoms with Gasteiger partial charge in [0.05, 0.1) is 5.41 Å². The summed E-state index contributed by atoms with van der Waals surface area (Å²) in [5.74, 6) is -1.09. The van der Waals surface area contributed by atoms with Gasteiger partial charge in [-0.2, -0.15) is 0 Å². The quantitative estimate of drug-likeness (QED) is 0.841. The molecule has 1 saturated heterocycles. The van der Waals surface area contributed by atoms with Crippen LogP contribution in [-0.4, -0.2) is 40.8 Å². The Kier molecular flexibility index (Phi) is 4.40. The second-order valence-electron chi connectivity index (χ2n) is 5.72. The number of carbonyl (C=O) groups excluding carboxylic acids is 2. The number of rotatable bonds is 5. The molecule has 0 bridgehead atoms. The zero-order chi connectivity index (χ0) is 15.5. The van der Waals surface area contributed by atoms with E-state index in [1.165, 1.54) is 0 Å². The molecule has 0 aliphatic carbocycles. The molecule has 1 aromatic carbocycles. The maximum Gasteiger partial charge on any atom is 0.311 e. The van der Waals surface area contributed by atoms with Crippen molar-refractivity contribution in [2.24, 2.45) is 5.41 Å². The lowest BCUT2D eigenvalue weighted by molar-refractivity contribution is -0.147. The van der Waals surface area contributed by atoms with Crippen LogP contribution in [0.3, 0.4) is 0 Å². The number of benzene rings is 1. The number of hydrogen-bond acceptors (Lipinski definition) is 3. The highest BCUT2D eigenvalue weighted by molar-refractivity contribution is 5.98. The first kappa shape index (κ1) is 15.2. The highest BCUT2D eigenvalue weighted by Gasteiger charge is 2.41. The zero-order valence-electron chi connectivity index (χ0n) is 12.0. The number of carbonyl (C=O) groups is 3. The Bertz CT molecular complexity index is 555. The van der Waals surface area contributed by atoms with Crippen LogP contribution in [-0.2, 0) is 9.59 Å². The molecule has 0 radical (unpaired) electrons. The summed E-state index contributed by atoms with van der Waals surface area (Å²) >= 11 is 0. The van der Waals surface area contributed by atoms with Crippen molar-refractivity contribution in [1.29, 1.82) is 0 Å². The monoisotopic (exact) mass is 289 g/mol. The van der Waals surface area contributed by atoms with E-state index in [0.29, 0.717) is 18.5 Å². The minimum atomic E-state index is -0.877. The molecule has 1 unspecified atom stereocenters. The van der Waals surface area contributed by atoms with Gasteiger partial charge < -0.3 is 10.0 Å². The van der Waals surface area contributed by atoms with Crippen LogP contribution in [0.2, 0.25) is 0 Å². The van der Waals surface area contributed by atoms with Crippen LogP contribution in [0.4, 0.5) is 0 Å². The predicted octanol–water partition coefficient (Wildman–Crippen LogP) is 1.97. The van der Waals surface area contributed by atoms with Crippen molar-refractivity contribution in [3.8, 4) is 0 Å². The second-order valence-corrected chi connectivity index (χ2v) is 5.72. The number of aliphatic carboxylic acids is 1. The molecule has 0 saturated carbocycles. The summed E-state index contributed by atoms with van der Waals surface area (Å²) in [5.41, 5.74) is -0.263. The van der Waals surface area contributed by atoms with E-state index < -0.39 is 11.4 Å². The van der Waals surface area contributed by atoms with Crippen LogP contribution < -0.4 is 0 Å². The van der Waals surface area contributed by atoms with E-state index in [1.54, 1.807) is 36.1 Å². The van der Waals surface area contributed by atoms with Gasteiger partial charge in [-0.15, -0.1) is 0 Å². The van der Waals surface area contributed by atoms with E-state index in [9.17, 15) is 14.4 Å². The minimum Gasteiger partial charge on any atom is -0.481 e. The number of hydrogen-bond donors (Lipinski definition) is 1. The van der Waals surface area contributed by atoms with Gasteiger partial charge in [0.1, 0.15) is 0 Å². The van der Waals surface area contributed by atoms with Crippen LogP contribution in [0.15, 0.2) is 30.3 Å². The van der Waals surface area contributed by atoms with Crippen molar-refractivity contribution in [2.75, 3.05) is 13.1 Å². The normalized spacial score (nSPS) is 21.3. The van der Waals surface area contributed by atoms with Crippen molar-refractivity contribution in [1.82, 2.24) is 4.90 Å². The van der Waals surface area contributed by atoms with Gasteiger partial charge in [-0.3, -0.25) is 14.4 Å². The SMILES string of the molecule is CC1(C(=O)O)CCN(C(=O)CCC(=O)c2ccccc2)C1. The summed E-state index contributed by atoms with van der Waals surface area (Å²) < 4.78 is 0. The number of amides is 1. The number of likely N-dealkylation sites (tertiary alicyclic amines) is 1. The first-order valence-electron chi connectivity index (χ1n) is 7.02. The number of carboxylic acid groups (broad SMARTS) is 1. The molecule has 21 heavy (non-hydrogen) atoms. The molecule has 0 aromatic heterocycles. The molecule has 1 atom stereocenters. The zero-order valence-corrected chi connectivity index (χ0v) is 12.0. The van der Waals surface area contributed by atoms with Gasteiger partial charge in [-0.05, 0) is 13.3 Å². The standard InChI is InChI=1S/C16H19NO4/c1-16(15(20)21)9-10-17(11-16)14(19)8-7-13(18)12-5-3-2-4-6-12/h2-6H,7-11H2,1H3,(H,20,21). The van der Waals surface area contributed by atoms with Gasteiger partial charge in [0.15, 0.2) is 5.78 Å². The molecule has 2 rings (SSSR count). The van der Waals surface area contributed by atoms with Crippen LogP contribution >= 0.6 is 0 Å². The molecule has 1 aliphatic rings. The van der Waals surface area contributed by atoms with E-state index in [1.807, 2.05) is 6.07 Å². The third kappa shape index (κ3) is 3.48. The molecule has 5 heteroatoms. The fourth-order valence-corrected chi connectivity index (χ4v) is 2.50. The third-order valence-electron chi connectivity index (χ3n) is 4.00. The highest BCUT2D eigenvalue weighted by atomic mass is 16.4. The first-order chi connectivity index (χ1) is 9.92. The van der Waals surface area contributed by atoms with Gasteiger partial charge in [0.25, 0.3) is 0 Å². The Morgan fingerprint density at radius 3 is 2.43 bits per heavy atom. The van der Waals surface area contributed by atoms with Gasteiger partial charge in [0.2, 0.25) is 5.91 Å². The molecule has 1 fully saturated rings. The van der Waals surface area contributed by atoms with E-state index in [4.69, 9.17) is 5.11 Å². The molecular weight excluding hydrogens is 270 g/mol. The van der Waals surface area contributed by atoms with Crippen LogP contribution in [0.1, 0.15) is 36.5 Å². The van der Waals surface area contributed by atoms with Gasteiger partial charge in [-0.25, -0.2) is 0 Å². The topological polar surface area (TPSA) is 74.7 Å². The van der Waals surface area contributed by atoms with E-state index in [-0.39, 0.29) is 31.1 Å². The highest BCUT2D eigenvalue weighted by Crippen LogP contribution is 2.30. The molecule has 1 N–H and O–H groups in total. The Hall–Kier alpha value is -2.17. The average Bonchev–Trinajstić information content (AvgIpc) is 2.89. The summed E-state index contributed by atoms with van der Waals surface area (Å²) in [4.78, 5) is 36.7. The van der Waals surface area contributed by atoms with Gasteiger partial charge >= 0.3 is 5.97 Å². The number of carboxylic acids is 1. The Morgan fingerprint density at radius 2 is 1.86 bits per heavy atom. The predicted molar refractivity (Wildman–Crippen MR) is 76.9 cm³/mol. The smallest absolute Gasteiger partial charge is 0.311 e. The molecule has 1 amide bonds.